The number of phenolic OH excluding ortho intramolecular Hbond substituents is 1. The maximum atomic E-state index is 12.6. The van der Waals surface area contributed by atoms with Crippen LogP contribution in [0.2, 0.25) is 0 Å². The van der Waals surface area contributed by atoms with E-state index in [4.69, 9.17) is 32.6 Å². The summed E-state index contributed by atoms with van der Waals surface area (Å²) in [6.07, 6.45) is 35.3. The highest BCUT2D eigenvalue weighted by Crippen LogP contribution is 2.42. The Morgan fingerprint density at radius 3 is 1.17 bits per heavy atom. The lowest BCUT2D eigenvalue weighted by Gasteiger charge is -2.11. The highest BCUT2D eigenvalue weighted by molar-refractivity contribution is 7.85. The van der Waals surface area contributed by atoms with Crippen molar-refractivity contribution >= 4 is 101 Å². The maximum Gasteiger partial charge on any atom is 0.291 e. The monoisotopic (exact) mass is 1680 g/mol. The number of nitrogen functional groups attached to an aromatic ring is 1. The Hall–Kier alpha value is -17.3. The van der Waals surface area contributed by atoms with Crippen LogP contribution in [-0.2, 0) is 15.8 Å². The van der Waals surface area contributed by atoms with Crippen LogP contribution in [0.5, 0.6) is 17.2 Å². The van der Waals surface area contributed by atoms with Gasteiger partial charge in [0.1, 0.15) is 56.5 Å². The van der Waals surface area contributed by atoms with Gasteiger partial charge in [-0.15, -0.1) is 0 Å². The number of hydrogen-bond acceptors (Lipinski definition) is 16. The molecule has 0 aliphatic heterocycles. The van der Waals surface area contributed by atoms with Crippen LogP contribution in [-0.4, -0.2) is 77.2 Å². The lowest BCUT2D eigenvalue weighted by Crippen LogP contribution is -2.10. The molecule has 0 aliphatic rings. The molecule has 0 aliphatic carbocycles. The minimum absolute atomic E-state index is 0.0998. The number of ether oxygens (including phenoxy) is 1. The number of hydrogen-bond donors (Lipinski definition) is 10. The maximum absolute atomic E-state index is 12.6. The fourth-order valence-electron chi connectivity index (χ4n) is 14.8. The summed E-state index contributed by atoms with van der Waals surface area (Å²) in [6, 6.07) is 77.1. The molecule has 15 aromatic heterocycles. The average molecular weight is 1680 g/mol. The Morgan fingerprint density at radius 1 is 0.373 bits per heavy atom. The summed E-state index contributed by atoms with van der Waals surface area (Å²) >= 11 is 0. The Labute approximate surface area is 721 Å². The summed E-state index contributed by atoms with van der Waals surface area (Å²) in [5.74, 6) is 1.58. The van der Waals surface area contributed by atoms with Gasteiger partial charge in [0.05, 0.1) is 62.1 Å². The van der Waals surface area contributed by atoms with Gasteiger partial charge in [0.2, 0.25) is 5.91 Å². The van der Waals surface area contributed by atoms with Gasteiger partial charge < -0.3 is 77.9 Å². The van der Waals surface area contributed by atoms with Gasteiger partial charge >= 0.3 is 0 Å². The minimum atomic E-state index is -1.14. The van der Waals surface area contributed by atoms with Crippen molar-refractivity contribution in [1.29, 1.82) is 0 Å². The number of H-pyrrole nitrogens is 5. The molecule has 22 rings (SSSR count). The Bertz CT molecular complexity index is 7240. The van der Waals surface area contributed by atoms with Crippen molar-refractivity contribution in [2.24, 2.45) is 0 Å². The van der Waals surface area contributed by atoms with E-state index in [0.717, 1.165) is 195 Å². The highest BCUT2D eigenvalue weighted by Gasteiger charge is 2.21. The Balaban J connectivity index is 0.000000109. The third kappa shape index (κ3) is 17.5. The standard InChI is InChI=1S/C30H21N3O3.C19H15N3O2.C18H15N3O2S.C17H13N3O.C17H12N2O2/c34-30(33-22-9-3-1-4-10-22)28-16-21(19-35-28)26-18-32-29-25(26)15-20(17-31-29)24-13-7-8-14-27(24)36-23-11-5-2-6-12-23;1-12(23)22-18-5-3-2-4-15(18)14-8-16-17(13-6-7-24-11-13)10-21-19(16)20-9-14;1-24(22)21-17-5-3-2-4-14(17)13-8-15-16(12-6-7-23-11-12)10-20-18(15)19-9-13;18-16-4-2-1-3-13(16)12-7-14-15(11-5-6-21-10-11)9-20-17(14)19-8-12;20-16-4-2-1-3-13(16)12-7-14-15(11-5-6-21-10-11)9-19-17(14)18-8-12/h1-19H,(H,31,32)(H,33,34);2-11H,1H3,(H,20,21)(H,22,23);2-11,21H,1H3,(H,19,20);1-10H,18H2,(H,19,20);1-10,20H,(H,18,19). The molecule has 11 N–H and O–H groups in total. The normalized spacial score (nSPS) is 11.2. The quantitative estimate of drug-likeness (QED) is 0.0379. The van der Waals surface area contributed by atoms with E-state index in [1.165, 1.54) is 6.92 Å². The van der Waals surface area contributed by atoms with E-state index in [0.29, 0.717) is 5.69 Å². The number of benzene rings is 7. The van der Waals surface area contributed by atoms with Crippen molar-refractivity contribution in [2.75, 3.05) is 27.3 Å². The number of nitrogens with two attached hydrogens (primary N) is 1. The fraction of sp³-hybridized carbons (Fsp3) is 0.0198. The number of pyridine rings is 5. The molecule has 22 aromatic rings. The van der Waals surface area contributed by atoms with Crippen molar-refractivity contribution in [1.82, 2.24) is 49.8 Å². The molecule has 616 valence electrons. The topological polar surface area (TPSA) is 352 Å². The van der Waals surface area contributed by atoms with Crippen LogP contribution in [0.1, 0.15) is 17.5 Å². The van der Waals surface area contributed by atoms with Crippen LogP contribution in [0.4, 0.5) is 22.7 Å². The van der Waals surface area contributed by atoms with Crippen molar-refractivity contribution in [3.63, 3.8) is 0 Å². The highest BCUT2D eigenvalue weighted by atomic mass is 32.2. The largest absolute Gasteiger partial charge is 0.507 e. The van der Waals surface area contributed by atoms with Crippen LogP contribution in [0.25, 0.3) is 166 Å². The van der Waals surface area contributed by atoms with E-state index in [2.05, 4.69) is 89.5 Å². The van der Waals surface area contributed by atoms with Gasteiger partial charge in [-0.05, 0) is 115 Å². The Morgan fingerprint density at radius 2 is 0.738 bits per heavy atom. The zero-order valence-corrected chi connectivity index (χ0v) is 68.2. The lowest BCUT2D eigenvalue weighted by atomic mass is 10.0. The van der Waals surface area contributed by atoms with Gasteiger partial charge in [0.25, 0.3) is 5.91 Å². The zero-order valence-electron chi connectivity index (χ0n) is 67.4. The Kier molecular flexibility index (Phi) is 23.0. The molecule has 15 heterocycles. The van der Waals surface area contributed by atoms with E-state index in [9.17, 15) is 18.9 Å². The van der Waals surface area contributed by atoms with Crippen molar-refractivity contribution < 1.29 is 45.7 Å². The second kappa shape index (κ2) is 36.3. The molecule has 0 saturated carbocycles. The van der Waals surface area contributed by atoms with Gasteiger partial charge in [-0.3, -0.25) is 9.59 Å². The summed E-state index contributed by atoms with van der Waals surface area (Å²) in [4.78, 5) is 62.6. The van der Waals surface area contributed by atoms with E-state index < -0.39 is 11.0 Å². The number of fused-ring (bicyclic) bond motifs is 5. The van der Waals surface area contributed by atoms with E-state index in [-0.39, 0.29) is 23.3 Å². The zero-order chi connectivity index (χ0) is 85.8. The molecule has 7 aromatic carbocycles. The summed E-state index contributed by atoms with van der Waals surface area (Å²) < 4.78 is 47.0. The predicted molar refractivity (Wildman–Crippen MR) is 495 cm³/mol. The van der Waals surface area contributed by atoms with E-state index >= 15 is 0 Å². The molecule has 2 amide bonds. The first-order valence-electron chi connectivity index (χ1n) is 39.8. The molecular formula is C101H76N14O10S. The molecule has 126 heavy (non-hydrogen) atoms. The number of amides is 2. The SMILES string of the molecule is CC(=O)Nc1ccccc1-c1cnc2[nH]cc(-c3ccoc3)c2c1.CS(=O)Nc1ccccc1-c1cnc2[nH]cc(-c3ccoc3)c2c1.Nc1ccccc1-c1cnc2[nH]cc(-c3ccoc3)c2c1.O=C(Nc1ccccc1)c1cc(-c2c[nH]c3ncc(-c4ccccc4Oc4ccccc4)cc23)co1.Oc1ccccc1-c1cnc2[nH]cc(-c3ccoc3)c2c1. The fourth-order valence-corrected chi connectivity index (χ4v) is 15.3. The number of aromatic nitrogens is 10. The van der Waals surface area contributed by atoms with Crippen LogP contribution in [0.3, 0.4) is 0 Å². The summed E-state index contributed by atoms with van der Waals surface area (Å²) in [7, 11) is -1.14. The number of para-hydroxylation sites is 7. The first-order valence-corrected chi connectivity index (χ1v) is 41.3. The number of aromatic amines is 5. The number of nitrogens with zero attached hydrogens (tertiary/aromatic N) is 5. The number of furan rings is 5. The molecular weight excluding hydrogens is 1600 g/mol. The van der Waals surface area contributed by atoms with Crippen molar-refractivity contribution in [3.8, 4) is 129 Å². The lowest BCUT2D eigenvalue weighted by molar-refractivity contribution is -0.114. The molecule has 0 fully saturated rings. The number of rotatable bonds is 17. The van der Waals surface area contributed by atoms with Gasteiger partial charge in [-0.2, -0.15) is 0 Å². The number of carbonyl (C=O) groups is 2. The molecule has 1 atom stereocenters. The number of nitrogens with one attached hydrogen (secondary N) is 8. The number of carbonyl (C=O) groups excluding carboxylic acids is 2. The second-order valence-corrected chi connectivity index (χ2v) is 30.1. The number of anilines is 4. The third-order valence-corrected chi connectivity index (χ3v) is 21.4. The summed E-state index contributed by atoms with van der Waals surface area (Å²) in [6.45, 7) is 1.50. The van der Waals surface area contributed by atoms with E-state index in [1.807, 2.05) is 250 Å². The molecule has 25 heteroatoms. The first-order chi connectivity index (χ1) is 61.8. The van der Waals surface area contributed by atoms with Crippen molar-refractivity contribution in [3.05, 3.63) is 367 Å². The molecule has 0 radical (unpaired) electrons. The first kappa shape index (κ1) is 79.8. The number of aromatic hydroxyl groups is 1. The van der Waals surface area contributed by atoms with Gasteiger partial charge in [0.15, 0.2) is 5.76 Å². The molecule has 1 unspecified atom stereocenters. The van der Waals surface area contributed by atoms with Crippen LogP contribution >= 0.6 is 0 Å². The van der Waals surface area contributed by atoms with Crippen molar-refractivity contribution in [2.45, 2.75) is 6.92 Å². The molecule has 0 spiro atoms. The predicted octanol–water partition coefficient (Wildman–Crippen LogP) is 24.4. The second-order valence-electron chi connectivity index (χ2n) is 29.0. The molecule has 0 bridgehead atoms. The summed E-state index contributed by atoms with van der Waals surface area (Å²) in [5, 5.41) is 20.7. The van der Waals surface area contributed by atoms with Gasteiger partial charge in [-0.1, -0.05) is 127 Å². The molecule has 0 saturated heterocycles. The van der Waals surface area contributed by atoms with Crippen LogP contribution < -0.4 is 25.8 Å². The van der Waals surface area contributed by atoms with Gasteiger partial charge in [0, 0.05) is 230 Å². The smallest absolute Gasteiger partial charge is 0.291 e. The van der Waals surface area contributed by atoms with E-state index in [1.54, 1.807) is 93.2 Å². The molecule has 24 nitrogen and oxygen atoms in total. The number of phenols is 1. The minimum Gasteiger partial charge on any atom is -0.507 e. The van der Waals surface area contributed by atoms with Gasteiger partial charge in [-0.25, -0.2) is 29.1 Å². The average Bonchev–Trinajstić information content (AvgIpc) is 1.61. The summed E-state index contributed by atoms with van der Waals surface area (Å²) in [5.41, 5.74) is 32.3. The van der Waals surface area contributed by atoms with Crippen LogP contribution in [0, 0.1) is 0 Å². The van der Waals surface area contributed by atoms with Crippen LogP contribution in [0.15, 0.2) is 383 Å². The third-order valence-electron chi connectivity index (χ3n) is 20.8.